The molecule has 0 aliphatic carbocycles. The predicted octanol–water partition coefficient (Wildman–Crippen LogP) is 27.4. The first-order valence-corrected chi connectivity index (χ1v) is 44.4. The van der Waals surface area contributed by atoms with E-state index in [1.54, 1.807) is 0 Å². The van der Waals surface area contributed by atoms with E-state index in [9.17, 15) is 28.8 Å². The second kappa shape index (κ2) is 76.5. The number of hydrogen-bond donors (Lipinski definition) is 0. The summed E-state index contributed by atoms with van der Waals surface area (Å²) in [6, 6.07) is 0. The van der Waals surface area contributed by atoms with Gasteiger partial charge in [0.05, 0.1) is 5.41 Å². The van der Waals surface area contributed by atoms with Crippen molar-refractivity contribution in [2.24, 2.45) is 5.41 Å². The Kier molecular flexibility index (Phi) is 74.1. The molecule has 0 aromatic carbocycles. The monoisotopic (exact) mass is 1430 g/mol. The van der Waals surface area contributed by atoms with Crippen LogP contribution in [0.15, 0.2) is 0 Å². The Morgan fingerprint density at radius 3 is 0.505 bits per heavy atom. The van der Waals surface area contributed by atoms with Crippen molar-refractivity contribution in [2.45, 2.75) is 510 Å². The van der Waals surface area contributed by atoms with Gasteiger partial charge in [0, 0.05) is 38.5 Å². The van der Waals surface area contributed by atoms with Gasteiger partial charge in [0.15, 0.2) is 0 Å². The van der Waals surface area contributed by atoms with Crippen LogP contribution in [0.5, 0.6) is 0 Å². The lowest BCUT2D eigenvalue weighted by Crippen LogP contribution is -2.37. The van der Waals surface area contributed by atoms with Crippen molar-refractivity contribution in [2.75, 3.05) is 19.8 Å². The van der Waals surface area contributed by atoms with Crippen molar-refractivity contribution in [3.05, 3.63) is 0 Å². The van der Waals surface area contributed by atoms with Crippen LogP contribution in [-0.2, 0) is 57.2 Å². The highest BCUT2D eigenvalue weighted by atomic mass is 16.6. The molecule has 3 atom stereocenters. The molecule has 596 valence electrons. The lowest BCUT2D eigenvalue weighted by atomic mass is 9.94. The molecule has 12 heteroatoms. The number of esters is 6. The topological polar surface area (TPSA) is 158 Å². The van der Waals surface area contributed by atoms with Gasteiger partial charge in [0.2, 0.25) is 0 Å². The lowest BCUT2D eigenvalue weighted by molar-refractivity contribution is -0.161. The SMILES string of the molecule is CCCCCCCCCC(=O)OC(CCCCCCCCC)CCCCCCCC(=O)OCC(C)(COC(=O)CCCCCCCC(CCCCCCCCC)OC(=O)CCCCCCCCC)COC(=O)CCCCCCCC(CCCCCCCCC)OC(=O)CCCCCCCCC. The summed E-state index contributed by atoms with van der Waals surface area (Å²) in [7, 11) is 0. The first-order chi connectivity index (χ1) is 49.3. The van der Waals surface area contributed by atoms with Crippen molar-refractivity contribution >= 4 is 35.8 Å². The molecule has 0 radical (unpaired) electrons. The molecular formula is C89H168O12. The van der Waals surface area contributed by atoms with Gasteiger partial charge in [-0.15, -0.1) is 0 Å². The van der Waals surface area contributed by atoms with Gasteiger partial charge >= 0.3 is 35.8 Å². The average Bonchev–Trinajstić information content (AvgIpc) is 0.920. The van der Waals surface area contributed by atoms with E-state index in [0.29, 0.717) is 38.5 Å². The van der Waals surface area contributed by atoms with Crippen molar-refractivity contribution in [3.8, 4) is 0 Å². The Morgan fingerprint density at radius 1 is 0.198 bits per heavy atom. The normalized spacial score (nSPS) is 13.0. The van der Waals surface area contributed by atoms with E-state index >= 15 is 0 Å². The summed E-state index contributed by atoms with van der Waals surface area (Å²) < 4.78 is 36.0. The molecule has 0 aliphatic heterocycles. The van der Waals surface area contributed by atoms with Crippen LogP contribution in [0.25, 0.3) is 0 Å². The molecule has 0 fully saturated rings. The molecule has 0 spiro atoms. The van der Waals surface area contributed by atoms with Crippen molar-refractivity contribution in [1.82, 2.24) is 0 Å². The van der Waals surface area contributed by atoms with Crippen LogP contribution in [0.4, 0.5) is 0 Å². The summed E-state index contributed by atoms with van der Waals surface area (Å²) in [4.78, 5) is 78.7. The largest absolute Gasteiger partial charge is 0.465 e. The van der Waals surface area contributed by atoms with Gasteiger partial charge in [-0.05, 0) is 122 Å². The summed E-state index contributed by atoms with van der Waals surface area (Å²) >= 11 is 0. The van der Waals surface area contributed by atoms with Gasteiger partial charge in [-0.25, -0.2) is 0 Å². The number of ether oxygens (including phenoxy) is 6. The molecule has 0 heterocycles. The zero-order chi connectivity index (χ0) is 73.9. The molecule has 101 heavy (non-hydrogen) atoms. The zero-order valence-electron chi connectivity index (χ0n) is 68.0. The molecule has 0 saturated heterocycles. The molecule has 12 nitrogen and oxygen atoms in total. The summed E-state index contributed by atoms with van der Waals surface area (Å²) in [6.45, 7) is 15.2. The van der Waals surface area contributed by atoms with Gasteiger partial charge in [-0.2, -0.15) is 0 Å². The number of hydrogen-bond acceptors (Lipinski definition) is 12. The van der Waals surface area contributed by atoms with Crippen molar-refractivity contribution in [1.29, 1.82) is 0 Å². The summed E-state index contributed by atoms with van der Waals surface area (Å²) in [5, 5.41) is 0. The van der Waals surface area contributed by atoms with Crippen LogP contribution in [0, 0.1) is 5.41 Å². The van der Waals surface area contributed by atoms with E-state index < -0.39 is 5.41 Å². The van der Waals surface area contributed by atoms with Crippen LogP contribution >= 0.6 is 0 Å². The molecule has 0 aromatic rings. The fraction of sp³-hybridized carbons (Fsp3) is 0.933. The minimum Gasteiger partial charge on any atom is -0.465 e. The fourth-order valence-corrected chi connectivity index (χ4v) is 13.8. The molecule has 3 unspecified atom stereocenters. The zero-order valence-corrected chi connectivity index (χ0v) is 68.0. The molecule has 0 aliphatic rings. The quantitative estimate of drug-likeness (QED) is 0.0323. The second-order valence-corrected chi connectivity index (χ2v) is 31.4. The number of carbonyl (C=O) groups excluding carboxylic acids is 6. The van der Waals surface area contributed by atoms with Crippen LogP contribution in [0.2, 0.25) is 0 Å². The lowest BCUT2D eigenvalue weighted by Gasteiger charge is -2.28. The molecule has 0 N–H and O–H groups in total. The van der Waals surface area contributed by atoms with E-state index in [4.69, 9.17) is 28.4 Å². The summed E-state index contributed by atoms with van der Waals surface area (Å²) in [6.07, 6.45) is 72.3. The Morgan fingerprint density at radius 2 is 0.337 bits per heavy atom. The minimum absolute atomic E-state index is 0.0212. The van der Waals surface area contributed by atoms with Crippen LogP contribution < -0.4 is 0 Å². The predicted molar refractivity (Wildman–Crippen MR) is 423 cm³/mol. The maximum Gasteiger partial charge on any atom is 0.306 e. The van der Waals surface area contributed by atoms with Gasteiger partial charge < -0.3 is 28.4 Å². The molecule has 0 rings (SSSR count). The Bertz CT molecular complexity index is 1630. The average molecular weight is 1430 g/mol. The molecule has 0 bridgehead atoms. The number of rotatable bonds is 81. The third-order valence-corrected chi connectivity index (χ3v) is 20.7. The maximum absolute atomic E-state index is 13.3. The minimum atomic E-state index is -0.920. The van der Waals surface area contributed by atoms with Crippen LogP contribution in [0.3, 0.4) is 0 Å². The van der Waals surface area contributed by atoms with E-state index in [1.807, 2.05) is 6.92 Å². The molecular weight excluding hydrogens is 1260 g/mol. The first-order valence-electron chi connectivity index (χ1n) is 44.4. The smallest absolute Gasteiger partial charge is 0.306 e. The van der Waals surface area contributed by atoms with E-state index in [0.717, 1.165) is 173 Å². The van der Waals surface area contributed by atoms with Gasteiger partial charge in [0.25, 0.3) is 0 Å². The van der Waals surface area contributed by atoms with Gasteiger partial charge in [0.1, 0.15) is 38.1 Å². The molecule has 0 aromatic heterocycles. The summed E-state index contributed by atoms with van der Waals surface area (Å²) in [5.41, 5.74) is -0.920. The highest BCUT2D eigenvalue weighted by molar-refractivity contribution is 5.71. The standard InChI is InChI=1S/C89H168O12/c1-8-14-20-26-32-41-53-65-80(99-86(93)74-62-47-35-29-23-17-11-4)68-56-44-38-50-59-71-83(90)96-77-89(7,78-97-84(91)72-60-51-39-45-57-69-81(66-54-42-33-27-21-15-9-2)100-87(94)75-63-48-36-30-24-18-12-5)79-98-85(92)73-61-52-40-46-58-70-82(67-55-43-34-28-22-16-10-3)101-88(95)76-64-49-37-31-25-19-13-6/h80-82H,8-79H2,1-7H3. The highest BCUT2D eigenvalue weighted by Crippen LogP contribution is 2.25. The van der Waals surface area contributed by atoms with Crippen molar-refractivity contribution in [3.63, 3.8) is 0 Å². The number of unbranched alkanes of at least 4 members (excludes halogenated alkanes) is 48. The first kappa shape index (κ1) is 97.8. The third-order valence-electron chi connectivity index (χ3n) is 20.7. The highest BCUT2D eigenvalue weighted by Gasteiger charge is 2.31. The van der Waals surface area contributed by atoms with E-state index in [-0.39, 0.29) is 93.2 Å². The van der Waals surface area contributed by atoms with E-state index in [1.165, 1.54) is 212 Å². The van der Waals surface area contributed by atoms with Crippen LogP contribution in [-0.4, -0.2) is 73.9 Å². The Balaban J connectivity index is 5.49. The third kappa shape index (κ3) is 70.9. The molecule has 0 amide bonds. The van der Waals surface area contributed by atoms with Crippen molar-refractivity contribution < 1.29 is 57.2 Å². The Hall–Kier alpha value is -3.18. The number of carbonyl (C=O) groups is 6. The van der Waals surface area contributed by atoms with Gasteiger partial charge in [-0.3, -0.25) is 28.8 Å². The van der Waals surface area contributed by atoms with E-state index in [2.05, 4.69) is 41.5 Å². The summed E-state index contributed by atoms with van der Waals surface area (Å²) in [5.74, 6) is -1.06. The second-order valence-electron chi connectivity index (χ2n) is 31.4. The fourth-order valence-electron chi connectivity index (χ4n) is 13.8. The van der Waals surface area contributed by atoms with Crippen LogP contribution in [0.1, 0.15) is 492 Å². The van der Waals surface area contributed by atoms with Gasteiger partial charge in [-0.1, -0.05) is 330 Å². The Labute approximate surface area is 625 Å². The maximum atomic E-state index is 13.3. The molecule has 0 saturated carbocycles.